The summed E-state index contributed by atoms with van der Waals surface area (Å²) in [5, 5.41) is 30.1. The molecule has 11 heteroatoms. The van der Waals surface area contributed by atoms with E-state index in [0.717, 1.165) is 5.56 Å². The van der Waals surface area contributed by atoms with Gasteiger partial charge in [-0.2, -0.15) is 11.3 Å². The van der Waals surface area contributed by atoms with Gasteiger partial charge in [-0.05, 0) is 83.9 Å². The molecule has 1 aromatic heterocycles. The fraction of sp³-hybridized carbons (Fsp3) is 0.0667. The number of carbonyl (C=O) groups excluding carboxylic acids is 3. The van der Waals surface area contributed by atoms with E-state index in [1.54, 1.807) is 67.6 Å². The van der Waals surface area contributed by atoms with E-state index in [1.807, 2.05) is 16.8 Å². The first-order valence-electron chi connectivity index (χ1n) is 12.2. The highest BCUT2D eigenvalue weighted by Crippen LogP contribution is 2.28. The number of benzene rings is 3. The maximum absolute atomic E-state index is 13.2. The molecular formula is C30H25N3O6S2. The fourth-order valence-electron chi connectivity index (χ4n) is 3.60. The summed E-state index contributed by atoms with van der Waals surface area (Å²) in [6, 6.07) is 21.1. The van der Waals surface area contributed by atoms with E-state index in [1.165, 1.54) is 41.3 Å². The Balaban J connectivity index is 1.44. The van der Waals surface area contributed by atoms with E-state index < -0.39 is 28.8 Å². The maximum Gasteiger partial charge on any atom is 0.339 e. The molecule has 3 amide bonds. The van der Waals surface area contributed by atoms with Gasteiger partial charge in [-0.15, -0.1) is 11.8 Å². The largest absolute Gasteiger partial charge is 0.507 e. The number of aromatic carboxylic acids is 1. The fourth-order valence-corrected chi connectivity index (χ4v) is 5.14. The molecule has 5 N–H and O–H groups in total. The maximum atomic E-state index is 13.2. The smallest absolute Gasteiger partial charge is 0.339 e. The normalized spacial score (nSPS) is 11.8. The van der Waals surface area contributed by atoms with E-state index in [0.29, 0.717) is 16.1 Å². The Hall–Kier alpha value is -4.87. The number of hydrogen-bond donors (Lipinski definition) is 5. The third-order valence-corrected chi connectivity index (χ3v) is 7.45. The highest BCUT2D eigenvalue weighted by atomic mass is 32.2. The summed E-state index contributed by atoms with van der Waals surface area (Å²) < 4.78 is 0. The zero-order chi connectivity index (χ0) is 29.4. The quantitative estimate of drug-likeness (QED) is 0.0912. The number of amides is 3. The lowest BCUT2D eigenvalue weighted by atomic mass is 10.2. The van der Waals surface area contributed by atoms with Crippen molar-refractivity contribution in [2.45, 2.75) is 17.1 Å². The molecule has 0 aliphatic rings. The van der Waals surface area contributed by atoms with Crippen molar-refractivity contribution in [3.63, 3.8) is 0 Å². The molecule has 0 bridgehead atoms. The summed E-state index contributed by atoms with van der Waals surface area (Å²) in [6.07, 6.45) is 1.59. The van der Waals surface area contributed by atoms with Crippen molar-refractivity contribution in [1.29, 1.82) is 0 Å². The summed E-state index contributed by atoms with van der Waals surface area (Å²) in [7, 11) is 0. The molecule has 0 radical (unpaired) electrons. The van der Waals surface area contributed by atoms with Crippen LogP contribution in [0.2, 0.25) is 0 Å². The van der Waals surface area contributed by atoms with Crippen LogP contribution >= 0.6 is 23.1 Å². The van der Waals surface area contributed by atoms with Crippen molar-refractivity contribution in [1.82, 2.24) is 5.32 Å². The van der Waals surface area contributed by atoms with Crippen LogP contribution in [-0.2, 0) is 9.59 Å². The minimum Gasteiger partial charge on any atom is -0.507 e. The van der Waals surface area contributed by atoms with Crippen LogP contribution in [0.4, 0.5) is 11.4 Å². The number of rotatable bonds is 10. The topological polar surface area (TPSA) is 145 Å². The molecule has 4 rings (SSSR count). The van der Waals surface area contributed by atoms with Gasteiger partial charge < -0.3 is 26.2 Å². The zero-order valence-electron chi connectivity index (χ0n) is 21.7. The van der Waals surface area contributed by atoms with Crippen molar-refractivity contribution >= 4 is 64.2 Å². The SMILES string of the molecule is CC(Sc1cccc(NC(=O)/C(=C/c2ccsc2)NC(=O)c2ccccc2)c1)C(=O)Nc1ccc(O)c(C(=O)O)c1. The van der Waals surface area contributed by atoms with Crippen LogP contribution in [0.3, 0.4) is 0 Å². The average molecular weight is 588 g/mol. The van der Waals surface area contributed by atoms with E-state index in [9.17, 15) is 29.4 Å². The van der Waals surface area contributed by atoms with Gasteiger partial charge in [0, 0.05) is 21.8 Å². The number of thioether (sulfide) groups is 1. The van der Waals surface area contributed by atoms with Gasteiger partial charge >= 0.3 is 5.97 Å². The second kappa shape index (κ2) is 13.5. The number of anilines is 2. The van der Waals surface area contributed by atoms with E-state index in [4.69, 9.17) is 0 Å². The average Bonchev–Trinajstić information content (AvgIpc) is 3.47. The third-order valence-electron chi connectivity index (χ3n) is 5.65. The highest BCUT2D eigenvalue weighted by Gasteiger charge is 2.18. The van der Waals surface area contributed by atoms with Gasteiger partial charge in [0.2, 0.25) is 5.91 Å². The van der Waals surface area contributed by atoms with Gasteiger partial charge in [0.15, 0.2) is 0 Å². The molecule has 0 aliphatic heterocycles. The van der Waals surface area contributed by atoms with Crippen LogP contribution in [0, 0.1) is 0 Å². The van der Waals surface area contributed by atoms with Gasteiger partial charge in [0.25, 0.3) is 11.8 Å². The number of carbonyl (C=O) groups is 4. The van der Waals surface area contributed by atoms with Crippen molar-refractivity contribution in [2.24, 2.45) is 0 Å². The standard InChI is InChI=1S/C30H25N3O6S2/c1-18(27(35)31-22-10-11-26(34)24(16-22)30(38)39)41-23-9-5-8-21(15-23)32-29(37)25(14-19-12-13-40-17-19)33-28(36)20-6-3-2-4-7-20/h2-18,34H,1H3,(H,31,35)(H,32,37)(H,33,36)(H,38,39)/b25-14-. The Labute approximate surface area is 243 Å². The van der Waals surface area contributed by atoms with Crippen LogP contribution in [0.1, 0.15) is 33.2 Å². The first-order chi connectivity index (χ1) is 19.7. The summed E-state index contributed by atoms with van der Waals surface area (Å²) in [5.41, 5.74) is 1.62. The minimum atomic E-state index is -1.31. The van der Waals surface area contributed by atoms with Crippen molar-refractivity contribution in [2.75, 3.05) is 10.6 Å². The van der Waals surface area contributed by atoms with Crippen LogP contribution in [0.15, 0.2) is 100 Å². The number of carboxylic acid groups (broad SMARTS) is 1. The lowest BCUT2D eigenvalue weighted by molar-refractivity contribution is -0.115. The molecule has 9 nitrogen and oxygen atoms in total. The summed E-state index contributed by atoms with van der Waals surface area (Å²) in [4.78, 5) is 50.7. The van der Waals surface area contributed by atoms with Crippen LogP contribution in [0.5, 0.6) is 5.75 Å². The molecule has 0 fully saturated rings. The Kier molecular flexibility index (Phi) is 9.56. The predicted octanol–water partition coefficient (Wildman–Crippen LogP) is 5.68. The molecule has 0 spiro atoms. The lowest BCUT2D eigenvalue weighted by Crippen LogP contribution is -2.30. The van der Waals surface area contributed by atoms with E-state index in [-0.39, 0.29) is 22.9 Å². The molecule has 1 unspecified atom stereocenters. The van der Waals surface area contributed by atoms with Crippen LogP contribution in [-0.4, -0.2) is 39.2 Å². The molecular weight excluding hydrogens is 562 g/mol. The molecule has 1 heterocycles. The number of phenols is 1. The van der Waals surface area contributed by atoms with Gasteiger partial charge in [0.1, 0.15) is 17.0 Å². The second-order valence-corrected chi connectivity index (χ2v) is 10.9. The molecule has 0 saturated carbocycles. The monoisotopic (exact) mass is 587 g/mol. The van der Waals surface area contributed by atoms with Crippen molar-refractivity contribution in [3.8, 4) is 5.75 Å². The Morgan fingerprint density at radius 3 is 2.37 bits per heavy atom. The first kappa shape index (κ1) is 29.1. The number of carboxylic acids is 1. The van der Waals surface area contributed by atoms with Crippen LogP contribution in [0.25, 0.3) is 6.08 Å². The summed E-state index contributed by atoms with van der Waals surface area (Å²) >= 11 is 2.70. The minimum absolute atomic E-state index is 0.0673. The molecule has 41 heavy (non-hydrogen) atoms. The van der Waals surface area contributed by atoms with Crippen molar-refractivity contribution < 1.29 is 29.4 Å². The molecule has 4 aromatic rings. The highest BCUT2D eigenvalue weighted by molar-refractivity contribution is 8.00. The Morgan fingerprint density at radius 1 is 0.902 bits per heavy atom. The molecule has 208 valence electrons. The number of thiophene rings is 1. The van der Waals surface area contributed by atoms with Gasteiger partial charge in [-0.1, -0.05) is 24.3 Å². The van der Waals surface area contributed by atoms with E-state index in [2.05, 4.69) is 16.0 Å². The third kappa shape index (κ3) is 8.07. The number of hydrogen-bond acceptors (Lipinski definition) is 7. The van der Waals surface area contributed by atoms with E-state index >= 15 is 0 Å². The number of nitrogens with one attached hydrogen (secondary N) is 3. The second-order valence-electron chi connectivity index (χ2n) is 8.70. The summed E-state index contributed by atoms with van der Waals surface area (Å²) in [5.74, 6) is -3.03. The van der Waals surface area contributed by atoms with Crippen LogP contribution < -0.4 is 16.0 Å². The van der Waals surface area contributed by atoms with Crippen molar-refractivity contribution in [3.05, 3.63) is 112 Å². The van der Waals surface area contributed by atoms with Gasteiger partial charge in [-0.3, -0.25) is 14.4 Å². The molecule has 3 aromatic carbocycles. The first-order valence-corrected chi connectivity index (χ1v) is 14.1. The Bertz CT molecular complexity index is 1600. The number of aromatic hydroxyl groups is 1. The molecule has 1 atom stereocenters. The lowest BCUT2D eigenvalue weighted by Gasteiger charge is -2.14. The Morgan fingerprint density at radius 2 is 1.66 bits per heavy atom. The summed E-state index contributed by atoms with van der Waals surface area (Å²) in [6.45, 7) is 1.69. The van der Waals surface area contributed by atoms with Gasteiger partial charge in [0.05, 0.1) is 5.25 Å². The zero-order valence-corrected chi connectivity index (χ0v) is 23.3. The predicted molar refractivity (Wildman–Crippen MR) is 160 cm³/mol. The van der Waals surface area contributed by atoms with Gasteiger partial charge in [-0.25, -0.2) is 4.79 Å². The molecule has 0 aliphatic carbocycles. The molecule has 0 saturated heterocycles.